The number of fused-ring (bicyclic) bond motifs is 5. The molecule has 1 heterocycles. The molecule has 0 spiro atoms. The Bertz CT molecular complexity index is 945. The zero-order valence-electron chi connectivity index (χ0n) is 20.2. The lowest BCUT2D eigenvalue weighted by molar-refractivity contribution is -0.151. The second-order valence-corrected chi connectivity index (χ2v) is 12.6. The van der Waals surface area contributed by atoms with Crippen molar-refractivity contribution in [3.63, 3.8) is 0 Å². The first-order valence-corrected chi connectivity index (χ1v) is 12.7. The maximum absolute atomic E-state index is 13.5. The van der Waals surface area contributed by atoms with Crippen molar-refractivity contribution in [1.29, 1.82) is 5.26 Å². The van der Waals surface area contributed by atoms with Gasteiger partial charge in [-0.1, -0.05) is 20.8 Å². The molecule has 0 radical (unpaired) electrons. The van der Waals surface area contributed by atoms with Crippen LogP contribution in [-0.4, -0.2) is 26.3 Å². The van der Waals surface area contributed by atoms with E-state index in [0.717, 1.165) is 38.0 Å². The van der Waals surface area contributed by atoms with Crippen LogP contribution in [0, 0.1) is 57.7 Å². The van der Waals surface area contributed by atoms with Crippen LogP contribution in [0.3, 0.4) is 0 Å². The van der Waals surface area contributed by atoms with Gasteiger partial charge in [0.1, 0.15) is 6.07 Å². The molecule has 5 nitrogen and oxygen atoms in total. The summed E-state index contributed by atoms with van der Waals surface area (Å²) < 4.78 is 1.65. The third-order valence-corrected chi connectivity index (χ3v) is 10.7. The monoisotopic (exact) mass is 437 g/mol. The fourth-order valence-corrected chi connectivity index (χ4v) is 9.25. The third-order valence-electron chi connectivity index (χ3n) is 10.7. The summed E-state index contributed by atoms with van der Waals surface area (Å²) in [4.78, 5) is 13.5. The fraction of sp³-hybridized carbons (Fsp3) is 0.815. The van der Waals surface area contributed by atoms with Crippen LogP contribution in [0.25, 0.3) is 0 Å². The van der Waals surface area contributed by atoms with E-state index in [4.69, 9.17) is 5.26 Å². The zero-order valence-corrected chi connectivity index (χ0v) is 20.2. The topological polar surface area (TPSA) is 78.9 Å². The second kappa shape index (κ2) is 7.42. The number of rotatable bonds is 3. The Kier molecular flexibility index (Phi) is 5.13. The molecule has 1 aromatic heterocycles. The molecule has 4 aliphatic rings. The smallest absolute Gasteiger partial charge is 0.158 e. The summed E-state index contributed by atoms with van der Waals surface area (Å²) in [7, 11) is 0. The van der Waals surface area contributed by atoms with Crippen molar-refractivity contribution in [1.82, 2.24) is 9.78 Å². The number of nitrogens with zero attached hydrogens (tertiary/aromatic N) is 3. The highest BCUT2D eigenvalue weighted by molar-refractivity contribution is 5.82. The molecule has 174 valence electrons. The minimum Gasteiger partial charge on any atom is -0.390 e. The van der Waals surface area contributed by atoms with Crippen molar-refractivity contribution in [3.8, 4) is 6.07 Å². The first-order valence-electron chi connectivity index (χ1n) is 12.7. The van der Waals surface area contributed by atoms with Crippen LogP contribution < -0.4 is 0 Å². The first kappa shape index (κ1) is 22.1. The van der Waals surface area contributed by atoms with Crippen molar-refractivity contribution < 1.29 is 9.90 Å². The maximum atomic E-state index is 13.5. The Balaban J connectivity index is 1.37. The summed E-state index contributed by atoms with van der Waals surface area (Å²) in [6, 6.07) is 2.10. The van der Waals surface area contributed by atoms with Gasteiger partial charge in [-0.05, 0) is 98.7 Å². The van der Waals surface area contributed by atoms with Gasteiger partial charge in [-0.15, -0.1) is 0 Å². The van der Waals surface area contributed by atoms with Gasteiger partial charge >= 0.3 is 0 Å². The van der Waals surface area contributed by atoms with Gasteiger partial charge in [-0.3, -0.25) is 9.48 Å². The third kappa shape index (κ3) is 3.28. The number of aliphatic hydroxyl groups is 1. The summed E-state index contributed by atoms with van der Waals surface area (Å²) in [5.74, 6) is 3.50. The number of nitriles is 1. The van der Waals surface area contributed by atoms with Crippen LogP contribution in [0.15, 0.2) is 12.4 Å². The summed E-state index contributed by atoms with van der Waals surface area (Å²) in [5.41, 5.74) is 0.447. The molecular formula is C27H39N3O2. The molecule has 0 aliphatic heterocycles. The quantitative estimate of drug-likeness (QED) is 0.723. The van der Waals surface area contributed by atoms with Crippen molar-refractivity contribution in [2.45, 2.75) is 91.2 Å². The minimum atomic E-state index is -0.489. The molecule has 0 saturated heterocycles. The Labute approximate surface area is 192 Å². The highest BCUT2D eigenvalue weighted by Gasteiger charge is 2.63. The normalized spacial score (nSPS) is 47.8. The molecule has 4 aliphatic carbocycles. The molecule has 1 aromatic rings. The minimum absolute atomic E-state index is 0.0756. The van der Waals surface area contributed by atoms with Crippen LogP contribution in [-0.2, 0) is 11.3 Å². The van der Waals surface area contributed by atoms with Crippen LogP contribution in [0.2, 0.25) is 0 Å². The Morgan fingerprint density at radius 3 is 2.69 bits per heavy atom. The largest absolute Gasteiger partial charge is 0.390 e. The van der Waals surface area contributed by atoms with E-state index in [1.54, 1.807) is 17.1 Å². The number of ketones is 1. The second-order valence-electron chi connectivity index (χ2n) is 12.6. The van der Waals surface area contributed by atoms with Gasteiger partial charge in [-0.25, -0.2) is 0 Å². The molecule has 0 amide bonds. The SMILES string of the molecule is C[C@@H]1C[C@H]2[C@@H]3CC[C@@H]4C[C@](C)(O)CC[C@]4(C)[C@H]3CC[C@]2(C)[C@H]1C(=O)Cn1cc(C#N)cn1. The highest BCUT2D eigenvalue weighted by atomic mass is 16.3. The fourth-order valence-electron chi connectivity index (χ4n) is 9.25. The van der Waals surface area contributed by atoms with E-state index < -0.39 is 5.60 Å². The summed E-state index contributed by atoms with van der Waals surface area (Å²) in [6.45, 7) is 9.53. The Hall–Kier alpha value is -1.67. The molecule has 0 unspecified atom stereocenters. The van der Waals surface area contributed by atoms with Crippen LogP contribution in [0.1, 0.15) is 84.6 Å². The molecule has 4 saturated carbocycles. The number of aromatic nitrogens is 2. The van der Waals surface area contributed by atoms with E-state index in [0.29, 0.717) is 40.4 Å². The van der Waals surface area contributed by atoms with Crippen LogP contribution in [0.5, 0.6) is 0 Å². The number of Topliss-reactive ketones (excluding diaryl/α,β-unsaturated/α-hetero) is 1. The van der Waals surface area contributed by atoms with Crippen molar-refractivity contribution >= 4 is 5.78 Å². The molecule has 32 heavy (non-hydrogen) atoms. The number of carbonyl (C=O) groups is 1. The zero-order chi connectivity index (χ0) is 22.9. The van der Waals surface area contributed by atoms with E-state index >= 15 is 0 Å². The van der Waals surface area contributed by atoms with Crippen molar-refractivity contribution in [3.05, 3.63) is 18.0 Å². The molecule has 9 atom stereocenters. The summed E-state index contributed by atoms with van der Waals surface area (Å²) >= 11 is 0. The van der Waals surface area contributed by atoms with Gasteiger partial charge in [0.05, 0.1) is 23.9 Å². The van der Waals surface area contributed by atoms with Gasteiger partial charge in [-0.2, -0.15) is 10.4 Å². The molecule has 4 fully saturated rings. The lowest BCUT2D eigenvalue weighted by atomic mass is 9.44. The standard InChI is InChI=1S/C27H39N3O2/c1-17-11-22-20-6-5-19-12-25(2,32)9-10-26(19,3)21(20)7-8-27(22,4)24(17)23(31)16-30-15-18(13-28)14-29-30/h14-15,17,19-22,24,32H,5-12,16H2,1-4H3/t17-,19-,20-,21+,22+,24-,25-,26+,27+/m1/s1. The van der Waals surface area contributed by atoms with E-state index in [1.807, 2.05) is 6.92 Å². The average molecular weight is 438 g/mol. The van der Waals surface area contributed by atoms with Gasteiger partial charge in [0.15, 0.2) is 5.78 Å². The highest BCUT2D eigenvalue weighted by Crippen LogP contribution is 2.68. The van der Waals surface area contributed by atoms with E-state index in [-0.39, 0.29) is 17.9 Å². The predicted octanol–water partition coefficient (Wildman–Crippen LogP) is 4.98. The predicted molar refractivity (Wildman–Crippen MR) is 122 cm³/mol. The molecular weight excluding hydrogens is 398 g/mol. The maximum Gasteiger partial charge on any atom is 0.158 e. The lowest BCUT2D eigenvalue weighted by Crippen LogP contribution is -2.55. The van der Waals surface area contributed by atoms with Crippen molar-refractivity contribution in [2.75, 3.05) is 0 Å². The summed E-state index contributed by atoms with van der Waals surface area (Å²) in [6.07, 6.45) is 12.3. The number of hydrogen-bond donors (Lipinski definition) is 1. The van der Waals surface area contributed by atoms with E-state index in [2.05, 4.69) is 31.9 Å². The van der Waals surface area contributed by atoms with Crippen molar-refractivity contribution in [2.24, 2.45) is 46.3 Å². The van der Waals surface area contributed by atoms with Crippen LogP contribution >= 0.6 is 0 Å². The van der Waals surface area contributed by atoms with E-state index in [1.165, 1.54) is 19.3 Å². The molecule has 0 bridgehead atoms. The van der Waals surface area contributed by atoms with E-state index in [9.17, 15) is 9.90 Å². The Morgan fingerprint density at radius 1 is 1.19 bits per heavy atom. The molecule has 5 rings (SSSR count). The van der Waals surface area contributed by atoms with Gasteiger partial charge in [0.2, 0.25) is 0 Å². The van der Waals surface area contributed by atoms with Crippen LogP contribution in [0.4, 0.5) is 0 Å². The number of hydrogen-bond acceptors (Lipinski definition) is 4. The van der Waals surface area contributed by atoms with Gasteiger partial charge in [0, 0.05) is 12.1 Å². The lowest BCUT2D eigenvalue weighted by Gasteiger charge is -2.61. The molecule has 0 aromatic carbocycles. The Morgan fingerprint density at radius 2 is 1.97 bits per heavy atom. The molecule has 5 heteroatoms. The number of carbonyl (C=O) groups excluding carboxylic acids is 1. The molecule has 1 N–H and O–H groups in total. The average Bonchev–Trinajstić information content (AvgIpc) is 3.28. The first-order chi connectivity index (χ1) is 15.1. The van der Waals surface area contributed by atoms with Gasteiger partial charge in [0.25, 0.3) is 0 Å². The summed E-state index contributed by atoms with van der Waals surface area (Å²) in [5, 5.41) is 24.0. The van der Waals surface area contributed by atoms with Gasteiger partial charge < -0.3 is 5.11 Å².